The van der Waals surface area contributed by atoms with Gasteiger partial charge in [-0.15, -0.1) is 0 Å². The fourth-order valence-electron chi connectivity index (χ4n) is 1.76. The highest BCUT2D eigenvalue weighted by atomic mass is 16.5. The first-order chi connectivity index (χ1) is 9.22. The molecular formula is C15H19N3O. The molecule has 0 aliphatic heterocycles. The van der Waals surface area contributed by atoms with E-state index in [1.807, 2.05) is 31.2 Å². The molecule has 1 aromatic heterocycles. The summed E-state index contributed by atoms with van der Waals surface area (Å²) in [4.78, 5) is 8.31. The predicted molar refractivity (Wildman–Crippen MR) is 77.0 cm³/mol. The largest absolute Gasteiger partial charge is 0.494 e. The van der Waals surface area contributed by atoms with Crippen LogP contribution >= 0.6 is 0 Å². The van der Waals surface area contributed by atoms with E-state index in [-0.39, 0.29) is 0 Å². The van der Waals surface area contributed by atoms with E-state index in [0.29, 0.717) is 5.69 Å². The molecule has 0 bridgehead atoms. The highest BCUT2D eigenvalue weighted by Crippen LogP contribution is 2.26. The maximum absolute atomic E-state index is 5.99. The van der Waals surface area contributed by atoms with Gasteiger partial charge in [-0.2, -0.15) is 0 Å². The molecule has 4 nitrogen and oxygen atoms in total. The highest BCUT2D eigenvalue weighted by molar-refractivity contribution is 5.73. The van der Waals surface area contributed by atoms with Gasteiger partial charge in [-0.1, -0.05) is 13.3 Å². The Bertz CT molecular complexity index is 538. The average Bonchev–Trinajstić information content (AvgIpc) is 2.43. The number of hydrogen-bond acceptors (Lipinski definition) is 4. The van der Waals surface area contributed by atoms with Crippen molar-refractivity contribution in [2.75, 3.05) is 12.3 Å². The summed E-state index contributed by atoms with van der Waals surface area (Å²) in [6, 6.07) is 7.84. The molecule has 2 aromatic rings. The summed E-state index contributed by atoms with van der Waals surface area (Å²) in [5, 5.41) is 0. The molecule has 0 atom stereocenters. The van der Waals surface area contributed by atoms with Crippen molar-refractivity contribution >= 4 is 5.69 Å². The number of nitrogen functional groups attached to an aromatic ring is 1. The van der Waals surface area contributed by atoms with Gasteiger partial charge >= 0.3 is 0 Å². The average molecular weight is 257 g/mol. The second kappa shape index (κ2) is 6.18. The molecule has 1 aromatic carbocycles. The molecule has 2 N–H and O–H groups in total. The van der Waals surface area contributed by atoms with Gasteiger partial charge in [-0.25, -0.2) is 9.97 Å². The van der Waals surface area contributed by atoms with E-state index in [2.05, 4.69) is 16.9 Å². The van der Waals surface area contributed by atoms with E-state index in [1.54, 1.807) is 0 Å². The van der Waals surface area contributed by atoms with Crippen molar-refractivity contribution in [1.82, 2.24) is 9.97 Å². The smallest absolute Gasteiger partial charge is 0.119 e. The maximum Gasteiger partial charge on any atom is 0.119 e. The molecule has 0 amide bonds. The van der Waals surface area contributed by atoms with Crippen molar-refractivity contribution in [3.63, 3.8) is 0 Å². The molecule has 0 saturated heterocycles. The Balaban J connectivity index is 2.16. The molecule has 100 valence electrons. The van der Waals surface area contributed by atoms with E-state index in [0.717, 1.165) is 42.1 Å². The Morgan fingerprint density at radius 2 is 1.89 bits per heavy atom. The van der Waals surface area contributed by atoms with Crippen LogP contribution in [0.5, 0.6) is 5.75 Å². The van der Waals surface area contributed by atoms with Crippen LogP contribution in [0.2, 0.25) is 0 Å². The number of ether oxygens (including phenoxy) is 1. The summed E-state index contributed by atoms with van der Waals surface area (Å²) in [6.07, 6.45) is 3.74. The third-order valence-electron chi connectivity index (χ3n) is 2.98. The third-order valence-corrected chi connectivity index (χ3v) is 2.98. The monoisotopic (exact) mass is 257 g/mol. The minimum absolute atomic E-state index is 0.627. The molecule has 0 saturated carbocycles. The first kappa shape index (κ1) is 13.3. The van der Waals surface area contributed by atoms with Crippen LogP contribution in [0.4, 0.5) is 5.69 Å². The normalized spacial score (nSPS) is 10.4. The number of rotatable bonds is 5. The van der Waals surface area contributed by atoms with Crippen LogP contribution in [-0.2, 0) is 0 Å². The molecule has 0 unspecified atom stereocenters. The van der Waals surface area contributed by atoms with Crippen molar-refractivity contribution in [3.05, 3.63) is 36.3 Å². The van der Waals surface area contributed by atoms with Gasteiger partial charge in [0.15, 0.2) is 0 Å². The molecule has 0 radical (unpaired) electrons. The predicted octanol–water partition coefficient (Wildman–Crippen LogP) is 3.21. The number of aryl methyl sites for hydroxylation is 1. The van der Waals surface area contributed by atoms with Crippen LogP contribution in [0.25, 0.3) is 11.3 Å². The van der Waals surface area contributed by atoms with Crippen molar-refractivity contribution < 1.29 is 4.74 Å². The molecule has 1 heterocycles. The Morgan fingerprint density at radius 1 is 1.16 bits per heavy atom. The SMILES string of the molecule is CCCCOc1ccc(-c2ncnc(C)c2N)cc1. The zero-order valence-electron chi connectivity index (χ0n) is 11.4. The van der Waals surface area contributed by atoms with E-state index in [4.69, 9.17) is 10.5 Å². The molecule has 2 rings (SSSR count). The van der Waals surface area contributed by atoms with Crippen molar-refractivity contribution in [2.24, 2.45) is 0 Å². The van der Waals surface area contributed by atoms with Gasteiger partial charge in [-0.05, 0) is 37.6 Å². The second-order valence-electron chi connectivity index (χ2n) is 4.45. The number of nitrogens with zero attached hydrogens (tertiary/aromatic N) is 2. The van der Waals surface area contributed by atoms with Crippen molar-refractivity contribution in [2.45, 2.75) is 26.7 Å². The fourth-order valence-corrected chi connectivity index (χ4v) is 1.76. The van der Waals surface area contributed by atoms with E-state index in [1.165, 1.54) is 6.33 Å². The number of hydrogen-bond donors (Lipinski definition) is 1. The Hall–Kier alpha value is -2.10. The van der Waals surface area contributed by atoms with E-state index < -0.39 is 0 Å². The van der Waals surface area contributed by atoms with Gasteiger partial charge in [0, 0.05) is 5.56 Å². The van der Waals surface area contributed by atoms with Gasteiger partial charge in [0.05, 0.1) is 23.7 Å². The Kier molecular flexibility index (Phi) is 4.34. The van der Waals surface area contributed by atoms with Crippen LogP contribution in [0.15, 0.2) is 30.6 Å². The molecule has 4 heteroatoms. The standard InChI is InChI=1S/C15H19N3O/c1-3-4-9-19-13-7-5-12(6-8-13)15-14(16)11(2)17-10-18-15/h5-8,10H,3-4,9,16H2,1-2H3. The van der Waals surface area contributed by atoms with Gasteiger partial charge in [0.1, 0.15) is 12.1 Å². The molecule has 0 aliphatic carbocycles. The molecular weight excluding hydrogens is 238 g/mol. The second-order valence-corrected chi connectivity index (χ2v) is 4.45. The summed E-state index contributed by atoms with van der Waals surface area (Å²) in [7, 11) is 0. The highest BCUT2D eigenvalue weighted by Gasteiger charge is 2.07. The van der Waals surface area contributed by atoms with Crippen LogP contribution < -0.4 is 10.5 Å². The summed E-state index contributed by atoms with van der Waals surface area (Å²) in [6.45, 7) is 4.78. The Labute approximate surface area is 113 Å². The molecule has 0 fully saturated rings. The summed E-state index contributed by atoms with van der Waals surface area (Å²) >= 11 is 0. The Morgan fingerprint density at radius 3 is 2.58 bits per heavy atom. The van der Waals surface area contributed by atoms with Gasteiger partial charge < -0.3 is 10.5 Å². The number of anilines is 1. The number of unbranched alkanes of at least 4 members (excludes halogenated alkanes) is 1. The quantitative estimate of drug-likeness (QED) is 0.835. The summed E-state index contributed by atoms with van der Waals surface area (Å²) in [5.74, 6) is 0.876. The lowest BCUT2D eigenvalue weighted by Crippen LogP contribution is -1.99. The van der Waals surface area contributed by atoms with Gasteiger partial charge in [0.2, 0.25) is 0 Å². The molecule has 19 heavy (non-hydrogen) atoms. The lowest BCUT2D eigenvalue weighted by molar-refractivity contribution is 0.309. The van der Waals surface area contributed by atoms with Crippen LogP contribution in [0.3, 0.4) is 0 Å². The lowest BCUT2D eigenvalue weighted by atomic mass is 10.1. The minimum atomic E-state index is 0.627. The van der Waals surface area contributed by atoms with E-state index in [9.17, 15) is 0 Å². The van der Waals surface area contributed by atoms with Crippen LogP contribution in [0.1, 0.15) is 25.5 Å². The minimum Gasteiger partial charge on any atom is -0.494 e. The maximum atomic E-state index is 5.99. The zero-order valence-corrected chi connectivity index (χ0v) is 11.4. The molecule has 0 aliphatic rings. The molecule has 0 spiro atoms. The number of nitrogens with two attached hydrogens (primary N) is 1. The topological polar surface area (TPSA) is 61.0 Å². The first-order valence-electron chi connectivity index (χ1n) is 6.52. The van der Waals surface area contributed by atoms with Gasteiger partial charge in [0.25, 0.3) is 0 Å². The van der Waals surface area contributed by atoms with Gasteiger partial charge in [-0.3, -0.25) is 0 Å². The zero-order chi connectivity index (χ0) is 13.7. The van der Waals surface area contributed by atoms with E-state index >= 15 is 0 Å². The van der Waals surface area contributed by atoms with Crippen LogP contribution in [-0.4, -0.2) is 16.6 Å². The number of benzene rings is 1. The van der Waals surface area contributed by atoms with Crippen molar-refractivity contribution in [3.8, 4) is 17.0 Å². The summed E-state index contributed by atoms with van der Waals surface area (Å²) in [5.41, 5.74) is 9.17. The van der Waals surface area contributed by atoms with Crippen molar-refractivity contribution in [1.29, 1.82) is 0 Å². The summed E-state index contributed by atoms with van der Waals surface area (Å²) < 4.78 is 5.63. The first-order valence-corrected chi connectivity index (χ1v) is 6.52. The lowest BCUT2D eigenvalue weighted by Gasteiger charge is -2.08. The number of aromatic nitrogens is 2. The fraction of sp³-hybridized carbons (Fsp3) is 0.333. The van der Waals surface area contributed by atoms with Crippen LogP contribution in [0, 0.1) is 6.92 Å². The third kappa shape index (κ3) is 3.22.